The molecule has 1 aromatic carbocycles. The number of ketones is 1. The van der Waals surface area contributed by atoms with Crippen LogP contribution in [0, 0.1) is 5.41 Å². The quantitative estimate of drug-likeness (QED) is 0.848. The molecule has 0 radical (unpaired) electrons. The van der Waals surface area contributed by atoms with Gasteiger partial charge in [0.1, 0.15) is 5.75 Å². The van der Waals surface area contributed by atoms with E-state index in [1.54, 1.807) is 36.8 Å². The summed E-state index contributed by atoms with van der Waals surface area (Å²) in [7, 11) is 0. The van der Waals surface area contributed by atoms with Crippen molar-refractivity contribution in [2.45, 2.75) is 33.4 Å². The predicted octanol–water partition coefficient (Wildman–Crippen LogP) is 3.60. The SMILES string of the molecule is CC(C)(C)C(=O)C(Cn1ccnc1)Oc1ccc(Cl)cc1. The molecule has 21 heavy (non-hydrogen) atoms. The molecule has 5 heteroatoms. The van der Waals surface area contributed by atoms with Crippen LogP contribution in [0.1, 0.15) is 20.8 Å². The van der Waals surface area contributed by atoms with Gasteiger partial charge < -0.3 is 9.30 Å². The maximum Gasteiger partial charge on any atom is 0.180 e. The number of aromatic nitrogens is 2. The number of rotatable bonds is 5. The fourth-order valence-electron chi connectivity index (χ4n) is 1.92. The van der Waals surface area contributed by atoms with E-state index in [4.69, 9.17) is 16.3 Å². The lowest BCUT2D eigenvalue weighted by atomic mass is 9.87. The number of hydrogen-bond donors (Lipinski definition) is 0. The van der Waals surface area contributed by atoms with Gasteiger partial charge in [0.05, 0.1) is 12.9 Å². The number of halogens is 1. The lowest BCUT2D eigenvalue weighted by molar-refractivity contribution is -0.134. The Bertz CT molecular complexity index is 586. The molecule has 2 rings (SSSR count). The molecule has 1 aromatic heterocycles. The van der Waals surface area contributed by atoms with Gasteiger partial charge in [-0.05, 0) is 24.3 Å². The van der Waals surface area contributed by atoms with Gasteiger partial charge in [0.25, 0.3) is 0 Å². The number of carbonyl (C=O) groups is 1. The summed E-state index contributed by atoms with van der Waals surface area (Å²) in [5.74, 6) is 0.674. The van der Waals surface area contributed by atoms with Gasteiger partial charge in [-0.2, -0.15) is 0 Å². The normalized spacial score (nSPS) is 13.0. The van der Waals surface area contributed by atoms with Gasteiger partial charge in [-0.15, -0.1) is 0 Å². The number of Topliss-reactive ketones (excluding diaryl/α,β-unsaturated/α-hetero) is 1. The Balaban J connectivity index is 2.18. The van der Waals surface area contributed by atoms with Crippen molar-refractivity contribution in [3.63, 3.8) is 0 Å². The molecular formula is C16H19ClN2O2. The van der Waals surface area contributed by atoms with E-state index >= 15 is 0 Å². The fourth-order valence-corrected chi connectivity index (χ4v) is 2.05. The molecular weight excluding hydrogens is 288 g/mol. The molecule has 0 amide bonds. The molecule has 0 saturated heterocycles. The molecule has 1 heterocycles. The minimum absolute atomic E-state index is 0.0474. The Morgan fingerprint density at radius 3 is 2.52 bits per heavy atom. The minimum Gasteiger partial charge on any atom is -0.481 e. The molecule has 0 aliphatic heterocycles. The monoisotopic (exact) mass is 306 g/mol. The number of benzene rings is 1. The van der Waals surface area contributed by atoms with Crippen LogP contribution in [0.15, 0.2) is 43.0 Å². The molecule has 0 fully saturated rings. The zero-order chi connectivity index (χ0) is 15.5. The van der Waals surface area contributed by atoms with Gasteiger partial charge in [-0.1, -0.05) is 32.4 Å². The van der Waals surface area contributed by atoms with Crippen LogP contribution in [0.5, 0.6) is 5.75 Å². The van der Waals surface area contributed by atoms with E-state index in [0.29, 0.717) is 17.3 Å². The number of imidazole rings is 1. The maximum atomic E-state index is 12.6. The Hall–Kier alpha value is -1.81. The van der Waals surface area contributed by atoms with Crippen LogP contribution in [0.3, 0.4) is 0 Å². The average Bonchev–Trinajstić information content (AvgIpc) is 2.91. The zero-order valence-corrected chi connectivity index (χ0v) is 13.2. The van der Waals surface area contributed by atoms with E-state index in [-0.39, 0.29) is 5.78 Å². The molecule has 0 N–H and O–H groups in total. The molecule has 0 saturated carbocycles. The molecule has 0 aliphatic rings. The van der Waals surface area contributed by atoms with Crippen molar-refractivity contribution in [1.29, 1.82) is 0 Å². The maximum absolute atomic E-state index is 12.6. The summed E-state index contributed by atoms with van der Waals surface area (Å²) in [5, 5.41) is 0.635. The second kappa shape index (κ2) is 6.31. The van der Waals surface area contributed by atoms with Crippen LogP contribution in [-0.4, -0.2) is 21.4 Å². The number of carbonyl (C=O) groups excluding carboxylic acids is 1. The highest BCUT2D eigenvalue weighted by Crippen LogP contribution is 2.23. The number of hydrogen-bond acceptors (Lipinski definition) is 3. The van der Waals surface area contributed by atoms with E-state index < -0.39 is 11.5 Å². The van der Waals surface area contributed by atoms with E-state index in [1.165, 1.54) is 0 Å². The van der Waals surface area contributed by atoms with Crippen molar-refractivity contribution < 1.29 is 9.53 Å². The molecule has 2 aromatic rings. The van der Waals surface area contributed by atoms with E-state index in [0.717, 1.165) is 0 Å². The van der Waals surface area contributed by atoms with Crippen LogP contribution >= 0.6 is 11.6 Å². The third kappa shape index (κ3) is 4.33. The van der Waals surface area contributed by atoms with Gasteiger partial charge in [-0.3, -0.25) is 4.79 Å². The predicted molar refractivity (Wildman–Crippen MR) is 82.6 cm³/mol. The molecule has 4 nitrogen and oxygen atoms in total. The fraction of sp³-hybridized carbons (Fsp3) is 0.375. The highest BCUT2D eigenvalue weighted by atomic mass is 35.5. The van der Waals surface area contributed by atoms with Crippen LogP contribution in [0.25, 0.3) is 0 Å². The summed E-state index contributed by atoms with van der Waals surface area (Å²) in [5.41, 5.74) is -0.475. The van der Waals surface area contributed by atoms with Gasteiger partial charge >= 0.3 is 0 Å². The van der Waals surface area contributed by atoms with Gasteiger partial charge in [0.15, 0.2) is 11.9 Å². The highest BCUT2D eigenvalue weighted by Gasteiger charge is 2.31. The summed E-state index contributed by atoms with van der Waals surface area (Å²) in [6.07, 6.45) is 4.60. The van der Waals surface area contributed by atoms with Crippen molar-refractivity contribution in [1.82, 2.24) is 9.55 Å². The van der Waals surface area contributed by atoms with Gasteiger partial charge in [-0.25, -0.2) is 4.98 Å². The molecule has 1 unspecified atom stereocenters. The average molecular weight is 307 g/mol. The third-order valence-corrected chi connectivity index (χ3v) is 3.31. The molecule has 0 spiro atoms. The molecule has 1 atom stereocenters. The summed E-state index contributed by atoms with van der Waals surface area (Å²) >= 11 is 5.86. The summed E-state index contributed by atoms with van der Waals surface area (Å²) in [6, 6.07) is 7.01. The second-order valence-corrected chi connectivity index (χ2v) is 6.37. The van der Waals surface area contributed by atoms with Crippen molar-refractivity contribution in [2.75, 3.05) is 0 Å². The first-order valence-corrected chi connectivity index (χ1v) is 7.16. The van der Waals surface area contributed by atoms with Crippen LogP contribution in [0.2, 0.25) is 5.02 Å². The van der Waals surface area contributed by atoms with E-state index in [1.807, 2.05) is 31.5 Å². The molecule has 0 bridgehead atoms. The topological polar surface area (TPSA) is 44.1 Å². The van der Waals surface area contributed by atoms with Gasteiger partial charge in [0, 0.05) is 22.8 Å². The van der Waals surface area contributed by atoms with Crippen molar-refractivity contribution in [3.05, 3.63) is 48.0 Å². The Labute approximate surface area is 129 Å². The first-order valence-electron chi connectivity index (χ1n) is 6.78. The van der Waals surface area contributed by atoms with Crippen LogP contribution < -0.4 is 4.74 Å². The van der Waals surface area contributed by atoms with Crippen molar-refractivity contribution >= 4 is 17.4 Å². The summed E-state index contributed by atoms with van der Waals surface area (Å²) in [6.45, 7) is 6.10. The summed E-state index contributed by atoms with van der Waals surface area (Å²) < 4.78 is 7.71. The van der Waals surface area contributed by atoms with E-state index in [9.17, 15) is 4.79 Å². The van der Waals surface area contributed by atoms with Crippen LogP contribution in [-0.2, 0) is 11.3 Å². The van der Waals surface area contributed by atoms with Crippen molar-refractivity contribution in [2.24, 2.45) is 5.41 Å². The Morgan fingerprint density at radius 1 is 1.33 bits per heavy atom. The molecule has 112 valence electrons. The minimum atomic E-state index is -0.569. The number of ether oxygens (including phenoxy) is 1. The second-order valence-electron chi connectivity index (χ2n) is 5.93. The van der Waals surface area contributed by atoms with Crippen LogP contribution in [0.4, 0.5) is 0 Å². The molecule has 0 aliphatic carbocycles. The van der Waals surface area contributed by atoms with Crippen molar-refractivity contribution in [3.8, 4) is 5.75 Å². The first-order chi connectivity index (χ1) is 9.86. The Morgan fingerprint density at radius 2 is 2.00 bits per heavy atom. The Kier molecular flexibility index (Phi) is 4.68. The van der Waals surface area contributed by atoms with E-state index in [2.05, 4.69) is 4.98 Å². The smallest absolute Gasteiger partial charge is 0.180 e. The number of nitrogens with zero attached hydrogens (tertiary/aromatic N) is 2. The zero-order valence-electron chi connectivity index (χ0n) is 12.4. The third-order valence-electron chi connectivity index (χ3n) is 3.06. The first kappa shape index (κ1) is 15.6. The lowest BCUT2D eigenvalue weighted by Crippen LogP contribution is -2.39. The van der Waals surface area contributed by atoms with Gasteiger partial charge in [0.2, 0.25) is 0 Å². The lowest BCUT2D eigenvalue weighted by Gasteiger charge is -2.25. The largest absolute Gasteiger partial charge is 0.481 e. The highest BCUT2D eigenvalue weighted by molar-refractivity contribution is 6.30. The summed E-state index contributed by atoms with van der Waals surface area (Å²) in [4.78, 5) is 16.6. The standard InChI is InChI=1S/C16H19ClN2O2/c1-16(2,3)15(20)14(10-19-9-8-18-11-19)21-13-6-4-12(17)5-7-13/h4-9,11,14H,10H2,1-3H3.